The van der Waals surface area contributed by atoms with Crippen LogP contribution in [0.3, 0.4) is 0 Å². The van der Waals surface area contributed by atoms with E-state index in [1.54, 1.807) is 0 Å². The Bertz CT molecular complexity index is 328. The number of guanidine groups is 1. The van der Waals surface area contributed by atoms with Crippen LogP contribution in [0.25, 0.3) is 0 Å². The molecule has 124 valence electrons. The van der Waals surface area contributed by atoms with E-state index < -0.39 is 0 Å². The Morgan fingerprint density at radius 1 is 1.29 bits per heavy atom. The highest BCUT2D eigenvalue weighted by atomic mass is 127. The van der Waals surface area contributed by atoms with Crippen molar-refractivity contribution in [2.75, 3.05) is 46.8 Å². The molecular formula is C16H33IN4. The van der Waals surface area contributed by atoms with Gasteiger partial charge in [0.25, 0.3) is 0 Å². The van der Waals surface area contributed by atoms with Crippen LogP contribution in [-0.2, 0) is 0 Å². The van der Waals surface area contributed by atoms with Crippen LogP contribution in [0.15, 0.2) is 4.99 Å². The van der Waals surface area contributed by atoms with Crippen molar-refractivity contribution in [1.82, 2.24) is 15.1 Å². The highest BCUT2D eigenvalue weighted by Gasteiger charge is 2.43. The molecule has 0 atom stereocenters. The van der Waals surface area contributed by atoms with E-state index in [9.17, 15) is 0 Å². The van der Waals surface area contributed by atoms with Crippen LogP contribution < -0.4 is 5.32 Å². The number of nitrogens with zero attached hydrogens (tertiary/aromatic N) is 3. The first-order valence-corrected chi connectivity index (χ1v) is 8.33. The summed E-state index contributed by atoms with van der Waals surface area (Å²) in [5.41, 5.74) is 0.648. The van der Waals surface area contributed by atoms with Gasteiger partial charge in [-0.1, -0.05) is 19.8 Å². The average Bonchev–Trinajstić information content (AvgIpc) is 2.86. The lowest BCUT2D eigenvalue weighted by atomic mass is 9.68. The van der Waals surface area contributed by atoms with E-state index in [1.165, 1.54) is 58.2 Å². The van der Waals surface area contributed by atoms with Crippen LogP contribution in [0, 0.1) is 5.41 Å². The molecule has 2 rings (SSSR count). The van der Waals surface area contributed by atoms with E-state index in [2.05, 4.69) is 34.1 Å². The van der Waals surface area contributed by atoms with Crippen molar-refractivity contribution in [3.63, 3.8) is 0 Å². The average molecular weight is 408 g/mol. The van der Waals surface area contributed by atoms with Crippen LogP contribution in [0.4, 0.5) is 0 Å². The van der Waals surface area contributed by atoms with E-state index >= 15 is 0 Å². The third-order valence-corrected chi connectivity index (χ3v) is 5.03. The Kier molecular flexibility index (Phi) is 8.31. The fourth-order valence-electron chi connectivity index (χ4n) is 3.43. The first kappa shape index (κ1) is 19.0. The number of rotatable bonds is 6. The molecule has 1 aliphatic carbocycles. The molecule has 0 unspecified atom stereocenters. The molecule has 0 radical (unpaired) electrons. The quantitative estimate of drug-likeness (QED) is 0.417. The molecule has 1 saturated heterocycles. The van der Waals surface area contributed by atoms with Gasteiger partial charge in [0, 0.05) is 33.2 Å². The van der Waals surface area contributed by atoms with Crippen molar-refractivity contribution in [2.45, 2.75) is 45.4 Å². The van der Waals surface area contributed by atoms with Crippen LogP contribution in [-0.4, -0.2) is 62.6 Å². The molecule has 2 aliphatic rings. The Morgan fingerprint density at radius 3 is 2.57 bits per heavy atom. The van der Waals surface area contributed by atoms with E-state index in [4.69, 9.17) is 0 Å². The number of likely N-dealkylation sites (N-methyl/N-ethyl adjacent to an activating group) is 1. The van der Waals surface area contributed by atoms with Gasteiger partial charge in [-0.2, -0.15) is 0 Å². The summed E-state index contributed by atoms with van der Waals surface area (Å²) < 4.78 is 0. The second-order valence-corrected chi connectivity index (χ2v) is 6.66. The van der Waals surface area contributed by atoms with Crippen molar-refractivity contribution >= 4 is 29.9 Å². The summed E-state index contributed by atoms with van der Waals surface area (Å²) in [6.07, 6.45) is 8.22. The zero-order valence-electron chi connectivity index (χ0n) is 14.0. The van der Waals surface area contributed by atoms with Gasteiger partial charge in [-0.15, -0.1) is 24.0 Å². The summed E-state index contributed by atoms with van der Waals surface area (Å²) in [4.78, 5) is 9.33. The smallest absolute Gasteiger partial charge is 0.193 e. The molecule has 1 spiro atoms. The third kappa shape index (κ3) is 5.27. The molecule has 2 fully saturated rings. The Hall–Kier alpha value is -0.0400. The summed E-state index contributed by atoms with van der Waals surface area (Å²) in [5, 5.41) is 3.54. The maximum Gasteiger partial charge on any atom is 0.193 e. The maximum atomic E-state index is 4.47. The molecule has 0 aromatic rings. The predicted octanol–water partition coefficient (Wildman–Crippen LogP) is 2.79. The number of likely N-dealkylation sites (tertiary alicyclic amines) is 1. The van der Waals surface area contributed by atoms with Gasteiger partial charge >= 0.3 is 0 Å². The van der Waals surface area contributed by atoms with E-state index in [-0.39, 0.29) is 24.0 Å². The largest absolute Gasteiger partial charge is 0.355 e. The zero-order chi connectivity index (χ0) is 14.4. The number of halogens is 1. The number of hydrogen-bond acceptors (Lipinski definition) is 2. The van der Waals surface area contributed by atoms with Gasteiger partial charge in [-0.25, -0.2) is 0 Å². The van der Waals surface area contributed by atoms with Gasteiger partial charge in [0.15, 0.2) is 5.96 Å². The highest BCUT2D eigenvalue weighted by molar-refractivity contribution is 14.0. The summed E-state index contributed by atoms with van der Waals surface area (Å²) >= 11 is 0. The Balaban J connectivity index is 0.00000220. The zero-order valence-corrected chi connectivity index (χ0v) is 16.4. The number of aliphatic imine (C=N–C) groups is 1. The fraction of sp³-hybridized carbons (Fsp3) is 0.938. The minimum absolute atomic E-state index is 0. The Morgan fingerprint density at radius 2 is 2.05 bits per heavy atom. The van der Waals surface area contributed by atoms with Crippen LogP contribution in [0.5, 0.6) is 0 Å². The standard InChI is InChI=1S/C16H32N4.HI/c1-4-5-11-19(3)13-10-18-15(17-2)20-12-9-16(14-20)7-6-8-16;/h4-14H2,1-3H3,(H,17,18);1H. The molecule has 1 aliphatic heterocycles. The maximum absolute atomic E-state index is 4.47. The van der Waals surface area contributed by atoms with Gasteiger partial charge in [0.2, 0.25) is 0 Å². The third-order valence-electron chi connectivity index (χ3n) is 5.03. The summed E-state index contributed by atoms with van der Waals surface area (Å²) in [5.74, 6) is 1.11. The lowest BCUT2D eigenvalue weighted by molar-refractivity contribution is 0.151. The van der Waals surface area contributed by atoms with Crippen molar-refractivity contribution in [1.29, 1.82) is 0 Å². The molecule has 4 nitrogen and oxygen atoms in total. The summed E-state index contributed by atoms with van der Waals surface area (Å²) in [6, 6.07) is 0. The summed E-state index contributed by atoms with van der Waals surface area (Å²) in [6.45, 7) is 7.94. The summed E-state index contributed by atoms with van der Waals surface area (Å²) in [7, 11) is 4.12. The molecule has 0 bridgehead atoms. The van der Waals surface area contributed by atoms with E-state index in [0.717, 1.165) is 19.0 Å². The molecule has 0 amide bonds. The van der Waals surface area contributed by atoms with Crippen LogP contribution in [0.1, 0.15) is 45.4 Å². The van der Waals surface area contributed by atoms with Crippen molar-refractivity contribution in [2.24, 2.45) is 10.4 Å². The number of unbranched alkanes of at least 4 members (excludes halogenated alkanes) is 1. The first-order chi connectivity index (χ1) is 9.69. The van der Waals surface area contributed by atoms with E-state index in [1.807, 2.05) is 7.05 Å². The lowest BCUT2D eigenvalue weighted by Crippen LogP contribution is -2.44. The van der Waals surface area contributed by atoms with Crippen LogP contribution >= 0.6 is 24.0 Å². The minimum atomic E-state index is 0. The van der Waals surface area contributed by atoms with Gasteiger partial charge in [-0.3, -0.25) is 4.99 Å². The van der Waals surface area contributed by atoms with Gasteiger partial charge in [0.1, 0.15) is 0 Å². The van der Waals surface area contributed by atoms with Crippen molar-refractivity contribution < 1.29 is 0 Å². The molecule has 1 heterocycles. The predicted molar refractivity (Wildman–Crippen MR) is 102 cm³/mol. The van der Waals surface area contributed by atoms with E-state index in [0.29, 0.717) is 5.41 Å². The molecule has 5 heteroatoms. The normalized spacial score (nSPS) is 20.6. The van der Waals surface area contributed by atoms with Gasteiger partial charge in [0.05, 0.1) is 0 Å². The highest BCUT2D eigenvalue weighted by Crippen LogP contribution is 2.47. The SMILES string of the molecule is CCCCN(C)CCNC(=NC)N1CCC2(CCC2)C1.I. The second-order valence-electron chi connectivity index (χ2n) is 6.66. The van der Waals surface area contributed by atoms with Crippen molar-refractivity contribution in [3.8, 4) is 0 Å². The monoisotopic (exact) mass is 408 g/mol. The first-order valence-electron chi connectivity index (χ1n) is 8.33. The lowest BCUT2D eigenvalue weighted by Gasteiger charge is -2.38. The molecule has 0 aromatic carbocycles. The second kappa shape index (κ2) is 9.18. The number of nitrogens with one attached hydrogen (secondary N) is 1. The fourth-order valence-corrected chi connectivity index (χ4v) is 3.43. The molecular weight excluding hydrogens is 375 g/mol. The van der Waals surface area contributed by atoms with Gasteiger partial charge in [-0.05, 0) is 44.7 Å². The minimum Gasteiger partial charge on any atom is -0.355 e. The molecule has 1 N–H and O–H groups in total. The van der Waals surface area contributed by atoms with Gasteiger partial charge < -0.3 is 15.1 Å². The molecule has 21 heavy (non-hydrogen) atoms. The molecule has 1 saturated carbocycles. The topological polar surface area (TPSA) is 30.9 Å². The number of hydrogen-bond donors (Lipinski definition) is 1. The van der Waals surface area contributed by atoms with Crippen molar-refractivity contribution in [3.05, 3.63) is 0 Å². The Labute approximate surface area is 147 Å². The molecule has 0 aromatic heterocycles. The van der Waals surface area contributed by atoms with Crippen LogP contribution in [0.2, 0.25) is 0 Å².